The Morgan fingerprint density at radius 1 is 0.558 bits per heavy atom. The molecule has 2 atom stereocenters. The van der Waals surface area contributed by atoms with Crippen LogP contribution in [-0.2, 0) is 27.9 Å². The second-order valence-electron chi connectivity index (χ2n) is 14.9. The molecule has 310 valence electrons. The normalized spacial score (nSPS) is 13.5. The molecule has 0 aliphatic heterocycles. The van der Waals surface area contributed by atoms with Crippen molar-refractivity contribution in [1.29, 1.82) is 0 Å². The van der Waals surface area contributed by atoms with Crippen LogP contribution in [0.2, 0.25) is 0 Å². The van der Waals surface area contributed by atoms with Gasteiger partial charge in [-0.3, -0.25) is 13.8 Å². The Morgan fingerprint density at radius 2 is 0.962 bits per heavy atom. The smallest absolute Gasteiger partial charge is 0.457 e. The van der Waals surface area contributed by atoms with Crippen molar-refractivity contribution in [2.24, 2.45) is 5.73 Å². The number of unbranched alkanes of at least 4 members (excludes halogenated alkanes) is 28. The predicted molar refractivity (Wildman–Crippen MR) is 220 cm³/mol. The lowest BCUT2D eigenvalue weighted by molar-refractivity contribution is -0.154. The lowest BCUT2D eigenvalue weighted by atomic mass is 10.0. The maximum Gasteiger partial charge on any atom is 0.472 e. The Bertz CT molecular complexity index is 812. The molecule has 0 rings (SSSR count). The molecule has 0 saturated heterocycles. The van der Waals surface area contributed by atoms with Crippen molar-refractivity contribution >= 4 is 13.8 Å². The Hall–Kier alpha value is -0.760. The number of ether oxygens (including phenoxy) is 2. The maximum absolute atomic E-state index is 12.6. The van der Waals surface area contributed by atoms with Gasteiger partial charge in [-0.15, -0.1) is 0 Å². The molecule has 0 aliphatic rings. The molecule has 8 nitrogen and oxygen atoms in total. The summed E-state index contributed by atoms with van der Waals surface area (Å²) in [6, 6.07) is 0. The molecule has 0 aromatic carbocycles. The van der Waals surface area contributed by atoms with Crippen LogP contribution < -0.4 is 5.73 Å². The van der Waals surface area contributed by atoms with E-state index in [-0.39, 0.29) is 32.3 Å². The van der Waals surface area contributed by atoms with Crippen LogP contribution >= 0.6 is 7.82 Å². The SMILES string of the molecule is CCCCCCCC/C=C\CCCCCCCCCCCCOCC(COP(=O)(O)OCCN)OC(=O)CCCCCCCCCCCCCCC. The summed E-state index contributed by atoms with van der Waals surface area (Å²) in [5.74, 6) is -0.327. The van der Waals surface area contributed by atoms with Crippen LogP contribution in [0.25, 0.3) is 0 Å². The van der Waals surface area contributed by atoms with E-state index in [0.717, 1.165) is 32.1 Å². The van der Waals surface area contributed by atoms with E-state index in [0.29, 0.717) is 13.0 Å². The van der Waals surface area contributed by atoms with E-state index in [2.05, 4.69) is 26.0 Å². The first-order chi connectivity index (χ1) is 25.4. The molecule has 0 bridgehead atoms. The topological polar surface area (TPSA) is 117 Å². The molecule has 9 heteroatoms. The van der Waals surface area contributed by atoms with Crippen molar-refractivity contribution in [2.75, 3.05) is 33.0 Å². The Labute approximate surface area is 322 Å². The summed E-state index contributed by atoms with van der Waals surface area (Å²) in [4.78, 5) is 22.4. The molecule has 0 aromatic rings. The van der Waals surface area contributed by atoms with Gasteiger partial charge in [0.05, 0.1) is 19.8 Å². The van der Waals surface area contributed by atoms with Crippen molar-refractivity contribution in [3.05, 3.63) is 12.2 Å². The van der Waals surface area contributed by atoms with Gasteiger partial charge < -0.3 is 20.1 Å². The number of carbonyl (C=O) groups is 1. The van der Waals surface area contributed by atoms with E-state index in [1.165, 1.54) is 167 Å². The van der Waals surface area contributed by atoms with Crippen LogP contribution in [0.4, 0.5) is 0 Å². The maximum atomic E-state index is 12.6. The van der Waals surface area contributed by atoms with E-state index in [1.54, 1.807) is 0 Å². The monoisotopic (exact) mass is 760 g/mol. The van der Waals surface area contributed by atoms with Gasteiger partial charge in [0.2, 0.25) is 0 Å². The number of hydrogen-bond acceptors (Lipinski definition) is 7. The Morgan fingerprint density at radius 3 is 1.40 bits per heavy atom. The first-order valence-corrected chi connectivity index (χ1v) is 23.7. The zero-order valence-electron chi connectivity index (χ0n) is 34.3. The van der Waals surface area contributed by atoms with E-state index in [4.69, 9.17) is 24.3 Å². The summed E-state index contributed by atoms with van der Waals surface area (Å²) in [5, 5.41) is 0. The van der Waals surface area contributed by atoms with Crippen LogP contribution in [0, 0.1) is 0 Å². The molecule has 2 unspecified atom stereocenters. The highest BCUT2D eigenvalue weighted by atomic mass is 31.2. The van der Waals surface area contributed by atoms with E-state index < -0.39 is 13.9 Å². The Balaban J connectivity index is 3.95. The Kier molecular flexibility index (Phi) is 40.8. The minimum Gasteiger partial charge on any atom is -0.457 e. The third kappa shape index (κ3) is 40.4. The summed E-state index contributed by atoms with van der Waals surface area (Å²) < 4.78 is 33.4. The third-order valence-corrected chi connectivity index (χ3v) is 10.7. The number of esters is 1. The van der Waals surface area contributed by atoms with Gasteiger partial charge in [0.15, 0.2) is 0 Å². The highest BCUT2D eigenvalue weighted by Crippen LogP contribution is 2.43. The fourth-order valence-corrected chi connectivity index (χ4v) is 7.17. The predicted octanol–water partition coefficient (Wildman–Crippen LogP) is 13.1. The number of rotatable bonds is 43. The second-order valence-corrected chi connectivity index (χ2v) is 16.4. The number of carbonyl (C=O) groups excluding carboxylic acids is 1. The molecule has 0 amide bonds. The number of nitrogens with two attached hydrogens (primary N) is 1. The zero-order valence-corrected chi connectivity index (χ0v) is 35.2. The molecule has 0 aromatic heterocycles. The minimum absolute atomic E-state index is 0.0922. The zero-order chi connectivity index (χ0) is 38.1. The van der Waals surface area contributed by atoms with Crippen LogP contribution in [-0.4, -0.2) is 49.9 Å². The molecule has 0 fully saturated rings. The lowest BCUT2D eigenvalue weighted by Crippen LogP contribution is -2.28. The van der Waals surface area contributed by atoms with Gasteiger partial charge in [0.1, 0.15) is 6.10 Å². The molecule has 52 heavy (non-hydrogen) atoms. The van der Waals surface area contributed by atoms with Crippen LogP contribution in [0.3, 0.4) is 0 Å². The second kappa shape index (κ2) is 41.4. The molecule has 0 spiro atoms. The fourth-order valence-electron chi connectivity index (χ4n) is 6.40. The number of allylic oxidation sites excluding steroid dienone is 2. The fraction of sp³-hybridized carbons (Fsp3) is 0.930. The summed E-state index contributed by atoms with van der Waals surface area (Å²) in [6.07, 6.45) is 43.7. The molecule has 0 aliphatic carbocycles. The van der Waals surface area contributed by atoms with Gasteiger partial charge in [0, 0.05) is 19.6 Å². The first-order valence-electron chi connectivity index (χ1n) is 22.2. The quantitative estimate of drug-likeness (QED) is 0.0273. The minimum atomic E-state index is -4.27. The summed E-state index contributed by atoms with van der Waals surface area (Å²) >= 11 is 0. The molecule has 0 saturated carbocycles. The highest BCUT2D eigenvalue weighted by molar-refractivity contribution is 7.47. The molecule has 0 heterocycles. The average molecular weight is 760 g/mol. The first kappa shape index (κ1) is 51.2. The summed E-state index contributed by atoms with van der Waals surface area (Å²) in [5.41, 5.74) is 5.37. The van der Waals surface area contributed by atoms with Gasteiger partial charge in [-0.25, -0.2) is 4.57 Å². The average Bonchev–Trinajstić information content (AvgIpc) is 3.13. The van der Waals surface area contributed by atoms with Crippen molar-refractivity contribution in [3.63, 3.8) is 0 Å². The van der Waals surface area contributed by atoms with E-state index >= 15 is 0 Å². The van der Waals surface area contributed by atoms with Gasteiger partial charge >= 0.3 is 13.8 Å². The number of phosphoric acid groups is 1. The molecular formula is C43H86NO7P. The number of phosphoric ester groups is 1. The number of hydrogen-bond donors (Lipinski definition) is 2. The van der Waals surface area contributed by atoms with Crippen molar-refractivity contribution in [1.82, 2.24) is 0 Å². The molecule has 3 N–H and O–H groups in total. The van der Waals surface area contributed by atoms with Crippen LogP contribution in [0.5, 0.6) is 0 Å². The summed E-state index contributed by atoms with van der Waals surface area (Å²) in [7, 11) is -4.27. The van der Waals surface area contributed by atoms with Gasteiger partial charge in [-0.05, 0) is 38.5 Å². The standard InChI is InChI=1S/C43H86NO7P/c1-3-5-7-9-11-13-15-17-18-19-20-21-22-23-25-27-29-31-33-35-38-48-40-42(41-50-52(46,47)49-39-37-44)51-43(45)36-34-32-30-28-26-24-16-14-12-10-8-6-4-2/h17-18,42H,3-16,19-41,44H2,1-2H3,(H,46,47)/b18-17-. The summed E-state index contributed by atoms with van der Waals surface area (Å²) in [6.45, 7) is 4.95. The largest absolute Gasteiger partial charge is 0.472 e. The van der Waals surface area contributed by atoms with Crippen LogP contribution in [0.15, 0.2) is 12.2 Å². The third-order valence-electron chi connectivity index (χ3n) is 9.68. The molecular weight excluding hydrogens is 673 g/mol. The van der Waals surface area contributed by atoms with E-state index in [1.807, 2.05) is 0 Å². The van der Waals surface area contributed by atoms with Gasteiger partial charge in [-0.1, -0.05) is 187 Å². The van der Waals surface area contributed by atoms with Crippen LogP contribution in [0.1, 0.15) is 219 Å². The van der Waals surface area contributed by atoms with Crippen molar-refractivity contribution in [2.45, 2.75) is 225 Å². The lowest BCUT2D eigenvalue weighted by Gasteiger charge is -2.20. The van der Waals surface area contributed by atoms with Crippen molar-refractivity contribution in [3.8, 4) is 0 Å². The van der Waals surface area contributed by atoms with Gasteiger partial charge in [0.25, 0.3) is 0 Å². The van der Waals surface area contributed by atoms with Crippen molar-refractivity contribution < 1.29 is 32.8 Å². The van der Waals surface area contributed by atoms with E-state index in [9.17, 15) is 14.3 Å². The van der Waals surface area contributed by atoms with Gasteiger partial charge in [-0.2, -0.15) is 0 Å². The molecule has 0 radical (unpaired) electrons. The highest BCUT2D eigenvalue weighted by Gasteiger charge is 2.25.